The van der Waals surface area contributed by atoms with Crippen LogP contribution in [0.4, 0.5) is 5.82 Å². The monoisotopic (exact) mass is 299 g/mol. The van der Waals surface area contributed by atoms with Crippen LogP contribution in [0.5, 0.6) is 0 Å². The first kappa shape index (κ1) is 16.7. The van der Waals surface area contributed by atoms with E-state index in [0.717, 1.165) is 32.4 Å². The van der Waals surface area contributed by atoms with Crippen LogP contribution in [0.2, 0.25) is 5.28 Å². The summed E-state index contributed by atoms with van der Waals surface area (Å²) in [6.45, 7) is 1.50. The highest BCUT2D eigenvalue weighted by Crippen LogP contribution is 2.14. The molecule has 0 bridgehead atoms. The van der Waals surface area contributed by atoms with Crippen LogP contribution in [0, 0.1) is 0 Å². The van der Waals surface area contributed by atoms with E-state index < -0.39 is 5.91 Å². The number of rotatable bonds is 10. The largest absolute Gasteiger partial charge is 0.369 e. The van der Waals surface area contributed by atoms with Gasteiger partial charge in [-0.05, 0) is 31.0 Å². The predicted octanol–water partition coefficient (Wildman–Crippen LogP) is 1.94. The number of halogens is 1. The molecule has 20 heavy (non-hydrogen) atoms. The molecule has 0 radical (unpaired) electrons. The molecular weight excluding hydrogens is 278 g/mol. The smallest absolute Gasteiger partial charge is 0.254 e. The minimum atomic E-state index is -0.564. The summed E-state index contributed by atoms with van der Waals surface area (Å²) in [5.41, 5.74) is 10.9. The lowest BCUT2D eigenvalue weighted by atomic mass is 10.1. The molecule has 1 aromatic heterocycles. The Morgan fingerprint density at radius 2 is 1.85 bits per heavy atom. The molecule has 1 heterocycles. The standard InChI is InChI=1S/C13H22ClN5O/c14-13-18-9-10(11(16)20)12(19-13)17-8-6-4-2-1-3-5-7-15/h9H,1-8,15H2,(H2,16,20)(H,17,18,19). The Morgan fingerprint density at radius 1 is 1.20 bits per heavy atom. The van der Waals surface area contributed by atoms with Gasteiger partial charge in [-0.3, -0.25) is 4.79 Å². The molecule has 112 valence electrons. The molecule has 1 amide bonds. The number of carbonyl (C=O) groups excluding carboxylic acids is 1. The molecule has 0 aliphatic carbocycles. The molecule has 0 fully saturated rings. The normalized spacial score (nSPS) is 10.5. The molecule has 0 unspecified atom stereocenters. The Kier molecular flexibility index (Phi) is 7.91. The highest BCUT2D eigenvalue weighted by atomic mass is 35.5. The lowest BCUT2D eigenvalue weighted by Crippen LogP contribution is -2.16. The Bertz CT molecular complexity index is 427. The zero-order valence-corrected chi connectivity index (χ0v) is 12.3. The van der Waals surface area contributed by atoms with Gasteiger partial charge < -0.3 is 16.8 Å². The fraction of sp³-hybridized carbons (Fsp3) is 0.615. The summed E-state index contributed by atoms with van der Waals surface area (Å²) in [4.78, 5) is 18.9. The zero-order valence-electron chi connectivity index (χ0n) is 11.6. The van der Waals surface area contributed by atoms with Crippen LogP contribution in [0.3, 0.4) is 0 Å². The van der Waals surface area contributed by atoms with Gasteiger partial charge in [-0.25, -0.2) is 4.98 Å². The molecule has 0 saturated carbocycles. The summed E-state index contributed by atoms with van der Waals surface area (Å²) in [6, 6.07) is 0. The summed E-state index contributed by atoms with van der Waals surface area (Å²) in [7, 11) is 0. The molecule has 0 spiro atoms. The number of nitrogens with one attached hydrogen (secondary N) is 1. The highest BCUT2D eigenvalue weighted by molar-refractivity contribution is 6.28. The molecule has 5 N–H and O–H groups in total. The molecule has 1 rings (SSSR count). The number of nitrogens with two attached hydrogens (primary N) is 2. The molecule has 0 aliphatic heterocycles. The molecule has 0 atom stereocenters. The van der Waals surface area contributed by atoms with E-state index >= 15 is 0 Å². The van der Waals surface area contributed by atoms with Crippen molar-refractivity contribution < 1.29 is 4.79 Å². The molecule has 0 aromatic carbocycles. The molecule has 6 nitrogen and oxygen atoms in total. The van der Waals surface area contributed by atoms with Gasteiger partial charge in [0.05, 0.1) is 5.56 Å². The average molecular weight is 300 g/mol. The zero-order chi connectivity index (χ0) is 14.8. The fourth-order valence-corrected chi connectivity index (χ4v) is 1.99. The summed E-state index contributed by atoms with van der Waals surface area (Å²) in [5, 5.41) is 3.18. The molecule has 0 saturated heterocycles. The molecule has 7 heteroatoms. The van der Waals surface area contributed by atoms with Crippen LogP contribution >= 0.6 is 11.6 Å². The van der Waals surface area contributed by atoms with Crippen LogP contribution in [0.1, 0.15) is 48.9 Å². The predicted molar refractivity (Wildman–Crippen MR) is 80.8 cm³/mol. The molecule has 0 aliphatic rings. The van der Waals surface area contributed by atoms with Gasteiger partial charge >= 0.3 is 0 Å². The number of aromatic nitrogens is 2. The van der Waals surface area contributed by atoms with E-state index in [9.17, 15) is 4.79 Å². The van der Waals surface area contributed by atoms with Crippen LogP contribution in [-0.4, -0.2) is 29.0 Å². The van der Waals surface area contributed by atoms with E-state index in [2.05, 4.69) is 15.3 Å². The first-order valence-corrected chi connectivity index (χ1v) is 7.29. The average Bonchev–Trinajstić information content (AvgIpc) is 2.41. The Labute approximate surface area is 124 Å². The second-order valence-electron chi connectivity index (χ2n) is 4.60. The van der Waals surface area contributed by atoms with Gasteiger partial charge in [-0.15, -0.1) is 0 Å². The van der Waals surface area contributed by atoms with Crippen molar-refractivity contribution in [2.24, 2.45) is 11.5 Å². The van der Waals surface area contributed by atoms with E-state index in [0.29, 0.717) is 5.82 Å². The van der Waals surface area contributed by atoms with Gasteiger partial charge in [-0.1, -0.05) is 25.7 Å². The maximum atomic E-state index is 11.2. The first-order valence-electron chi connectivity index (χ1n) is 6.91. The van der Waals surface area contributed by atoms with E-state index in [-0.39, 0.29) is 10.8 Å². The van der Waals surface area contributed by atoms with Crippen molar-refractivity contribution >= 4 is 23.3 Å². The van der Waals surface area contributed by atoms with Gasteiger partial charge in [0.2, 0.25) is 5.28 Å². The highest BCUT2D eigenvalue weighted by Gasteiger charge is 2.10. The van der Waals surface area contributed by atoms with Crippen molar-refractivity contribution in [3.63, 3.8) is 0 Å². The van der Waals surface area contributed by atoms with Crippen molar-refractivity contribution in [1.82, 2.24) is 9.97 Å². The number of unbranched alkanes of at least 4 members (excludes halogenated alkanes) is 5. The molecular formula is C13H22ClN5O. The van der Waals surface area contributed by atoms with Gasteiger partial charge in [0.25, 0.3) is 5.91 Å². The lowest BCUT2D eigenvalue weighted by Gasteiger charge is -2.08. The van der Waals surface area contributed by atoms with Gasteiger partial charge in [-0.2, -0.15) is 4.98 Å². The minimum absolute atomic E-state index is 0.0966. The van der Waals surface area contributed by atoms with Crippen molar-refractivity contribution in [1.29, 1.82) is 0 Å². The Balaban J connectivity index is 2.28. The van der Waals surface area contributed by atoms with Crippen LogP contribution in [0.15, 0.2) is 6.20 Å². The van der Waals surface area contributed by atoms with Crippen molar-refractivity contribution in [2.75, 3.05) is 18.4 Å². The third kappa shape index (κ3) is 6.16. The second-order valence-corrected chi connectivity index (χ2v) is 4.94. The number of hydrogen-bond acceptors (Lipinski definition) is 5. The minimum Gasteiger partial charge on any atom is -0.369 e. The summed E-state index contributed by atoms with van der Waals surface area (Å²) in [5.74, 6) is -0.161. The van der Waals surface area contributed by atoms with Crippen LogP contribution < -0.4 is 16.8 Å². The third-order valence-corrected chi connectivity index (χ3v) is 3.13. The quantitative estimate of drug-likeness (QED) is 0.452. The van der Waals surface area contributed by atoms with Crippen molar-refractivity contribution in [3.05, 3.63) is 17.0 Å². The maximum absolute atomic E-state index is 11.2. The number of nitrogens with zero attached hydrogens (tertiary/aromatic N) is 2. The van der Waals surface area contributed by atoms with Crippen LogP contribution in [-0.2, 0) is 0 Å². The topological polar surface area (TPSA) is 107 Å². The Hall–Kier alpha value is -1.40. The lowest BCUT2D eigenvalue weighted by molar-refractivity contribution is 0.100. The Morgan fingerprint density at radius 3 is 2.50 bits per heavy atom. The van der Waals surface area contributed by atoms with Gasteiger partial charge in [0.1, 0.15) is 5.82 Å². The third-order valence-electron chi connectivity index (χ3n) is 2.95. The van der Waals surface area contributed by atoms with Crippen LogP contribution in [0.25, 0.3) is 0 Å². The summed E-state index contributed by atoms with van der Waals surface area (Å²) >= 11 is 5.71. The number of carbonyl (C=O) groups is 1. The number of amides is 1. The summed E-state index contributed by atoms with van der Waals surface area (Å²) in [6.07, 6.45) is 8.16. The SMILES string of the molecule is NCCCCCCCCNc1nc(Cl)ncc1C(N)=O. The van der Waals surface area contributed by atoms with E-state index in [1.54, 1.807) is 0 Å². The van der Waals surface area contributed by atoms with Crippen molar-refractivity contribution in [2.45, 2.75) is 38.5 Å². The van der Waals surface area contributed by atoms with E-state index in [4.69, 9.17) is 23.1 Å². The maximum Gasteiger partial charge on any atom is 0.254 e. The van der Waals surface area contributed by atoms with E-state index in [1.807, 2.05) is 0 Å². The fourth-order valence-electron chi connectivity index (χ4n) is 1.86. The summed E-state index contributed by atoms with van der Waals surface area (Å²) < 4.78 is 0. The first-order chi connectivity index (χ1) is 9.65. The van der Waals surface area contributed by atoms with Gasteiger partial charge in [0, 0.05) is 12.7 Å². The second kappa shape index (κ2) is 9.50. The van der Waals surface area contributed by atoms with E-state index in [1.165, 1.54) is 25.5 Å². The number of anilines is 1. The number of hydrogen-bond donors (Lipinski definition) is 3. The van der Waals surface area contributed by atoms with Crippen molar-refractivity contribution in [3.8, 4) is 0 Å². The van der Waals surface area contributed by atoms with Gasteiger partial charge in [0.15, 0.2) is 0 Å². The molecule has 1 aromatic rings. The number of primary amides is 1.